The van der Waals surface area contributed by atoms with Gasteiger partial charge in [-0.05, 0) is 61.7 Å². The number of amides is 2. The minimum atomic E-state index is -0.670. The van der Waals surface area contributed by atoms with Gasteiger partial charge < -0.3 is 10.6 Å². The largest absolute Gasteiger partial charge is 0.348 e. The van der Waals surface area contributed by atoms with Crippen LogP contribution in [0.2, 0.25) is 0 Å². The Morgan fingerprint density at radius 1 is 1.04 bits per heavy atom. The first-order chi connectivity index (χ1) is 13.6. The van der Waals surface area contributed by atoms with Crippen molar-refractivity contribution in [1.82, 2.24) is 20.5 Å². The van der Waals surface area contributed by atoms with E-state index in [1.54, 1.807) is 18.3 Å². The molecule has 0 bridgehead atoms. The number of nitrogens with one attached hydrogen (secondary N) is 2. The molecule has 28 heavy (non-hydrogen) atoms. The molecular weight excluding hydrogens is 359 g/mol. The molecule has 1 saturated heterocycles. The molecule has 1 aliphatic rings. The summed E-state index contributed by atoms with van der Waals surface area (Å²) in [6.45, 7) is 3.44. The number of benzene rings is 1. The van der Waals surface area contributed by atoms with Gasteiger partial charge in [0, 0.05) is 25.8 Å². The smallest absolute Gasteiger partial charge is 0.309 e. The van der Waals surface area contributed by atoms with Crippen LogP contribution in [0.1, 0.15) is 24.1 Å². The minimum absolute atomic E-state index is 0.193. The highest BCUT2D eigenvalue weighted by Crippen LogP contribution is 2.17. The van der Waals surface area contributed by atoms with Crippen LogP contribution < -0.4 is 10.6 Å². The second kappa shape index (κ2) is 9.94. The van der Waals surface area contributed by atoms with Gasteiger partial charge in [-0.1, -0.05) is 18.2 Å². The molecule has 1 aliphatic heterocycles. The number of hydrogen-bond donors (Lipinski definition) is 2. The van der Waals surface area contributed by atoms with E-state index in [1.165, 1.54) is 12.1 Å². The molecule has 0 radical (unpaired) electrons. The second-order valence-corrected chi connectivity index (χ2v) is 7.06. The van der Waals surface area contributed by atoms with Gasteiger partial charge in [0.05, 0.1) is 5.69 Å². The predicted molar refractivity (Wildman–Crippen MR) is 103 cm³/mol. The number of pyridine rings is 1. The topological polar surface area (TPSA) is 74.3 Å². The second-order valence-electron chi connectivity index (χ2n) is 7.06. The lowest BCUT2D eigenvalue weighted by Crippen LogP contribution is -2.43. The minimum Gasteiger partial charge on any atom is -0.348 e. The molecule has 0 spiro atoms. The highest BCUT2D eigenvalue weighted by molar-refractivity contribution is 6.35. The SMILES string of the molecule is O=C(NCc1ccc(F)cc1)C(=O)NCC1CCN(Cc2ccccn2)CC1. The average Bonchev–Trinajstić information content (AvgIpc) is 2.73. The van der Waals surface area contributed by atoms with E-state index >= 15 is 0 Å². The van der Waals surface area contributed by atoms with Gasteiger partial charge in [0.25, 0.3) is 0 Å². The number of aromatic nitrogens is 1. The Morgan fingerprint density at radius 2 is 1.75 bits per heavy atom. The quantitative estimate of drug-likeness (QED) is 0.746. The maximum atomic E-state index is 12.9. The van der Waals surface area contributed by atoms with E-state index in [0.717, 1.165) is 43.7 Å². The zero-order valence-electron chi connectivity index (χ0n) is 15.7. The van der Waals surface area contributed by atoms with Gasteiger partial charge in [0.1, 0.15) is 5.82 Å². The third-order valence-corrected chi connectivity index (χ3v) is 4.94. The molecule has 148 valence electrons. The summed E-state index contributed by atoms with van der Waals surface area (Å²) < 4.78 is 12.9. The van der Waals surface area contributed by atoms with Crippen molar-refractivity contribution in [3.63, 3.8) is 0 Å². The van der Waals surface area contributed by atoms with Crippen molar-refractivity contribution < 1.29 is 14.0 Å². The van der Waals surface area contributed by atoms with Crippen LogP contribution >= 0.6 is 0 Å². The standard InChI is InChI=1S/C21H25FN4O2/c22-18-6-4-16(5-7-18)13-24-20(27)21(28)25-14-17-8-11-26(12-9-17)15-19-3-1-2-10-23-19/h1-7,10,17H,8-9,11-15H2,(H,24,27)(H,25,28). The molecule has 6 nitrogen and oxygen atoms in total. The van der Waals surface area contributed by atoms with Gasteiger partial charge in [-0.25, -0.2) is 4.39 Å². The molecule has 1 aromatic carbocycles. The van der Waals surface area contributed by atoms with Crippen molar-refractivity contribution in [2.24, 2.45) is 5.92 Å². The van der Waals surface area contributed by atoms with Gasteiger partial charge in [-0.2, -0.15) is 0 Å². The van der Waals surface area contributed by atoms with Crippen LogP contribution in [0.15, 0.2) is 48.7 Å². The van der Waals surface area contributed by atoms with E-state index < -0.39 is 11.8 Å². The molecular formula is C21H25FN4O2. The van der Waals surface area contributed by atoms with Gasteiger partial charge >= 0.3 is 11.8 Å². The first kappa shape index (κ1) is 19.9. The molecule has 7 heteroatoms. The number of carbonyl (C=O) groups is 2. The van der Waals surface area contributed by atoms with E-state index in [2.05, 4.69) is 20.5 Å². The number of carbonyl (C=O) groups excluding carboxylic acids is 2. The van der Waals surface area contributed by atoms with Gasteiger partial charge in [0.15, 0.2) is 0 Å². The van der Waals surface area contributed by atoms with E-state index in [9.17, 15) is 14.0 Å². The van der Waals surface area contributed by atoms with Crippen LogP contribution in [-0.4, -0.2) is 41.3 Å². The molecule has 3 rings (SSSR count). The third kappa shape index (κ3) is 6.13. The van der Waals surface area contributed by atoms with Crippen molar-refractivity contribution in [2.75, 3.05) is 19.6 Å². The fourth-order valence-corrected chi connectivity index (χ4v) is 3.25. The Labute approximate surface area is 164 Å². The zero-order chi connectivity index (χ0) is 19.8. The highest BCUT2D eigenvalue weighted by atomic mass is 19.1. The van der Waals surface area contributed by atoms with Gasteiger partial charge in [-0.3, -0.25) is 19.5 Å². The van der Waals surface area contributed by atoms with Crippen LogP contribution in [0.25, 0.3) is 0 Å². The van der Waals surface area contributed by atoms with E-state index in [0.29, 0.717) is 12.5 Å². The Hall–Kier alpha value is -2.80. The molecule has 0 saturated carbocycles. The number of hydrogen-bond acceptors (Lipinski definition) is 4. The van der Waals surface area contributed by atoms with E-state index in [4.69, 9.17) is 0 Å². The zero-order valence-corrected chi connectivity index (χ0v) is 15.7. The molecule has 0 atom stereocenters. The maximum absolute atomic E-state index is 12.9. The first-order valence-corrected chi connectivity index (χ1v) is 9.53. The van der Waals surface area contributed by atoms with Crippen LogP contribution in [0.3, 0.4) is 0 Å². The summed E-state index contributed by atoms with van der Waals surface area (Å²) >= 11 is 0. The number of nitrogens with zero attached hydrogens (tertiary/aromatic N) is 2. The summed E-state index contributed by atoms with van der Waals surface area (Å²) in [4.78, 5) is 30.6. The number of piperidine rings is 1. The highest BCUT2D eigenvalue weighted by Gasteiger charge is 2.21. The summed E-state index contributed by atoms with van der Waals surface area (Å²) in [6, 6.07) is 11.7. The number of rotatable bonds is 6. The molecule has 1 fully saturated rings. The Kier molecular flexibility index (Phi) is 7.08. The van der Waals surface area contributed by atoms with Crippen LogP contribution in [0, 0.1) is 11.7 Å². The van der Waals surface area contributed by atoms with Crippen molar-refractivity contribution >= 4 is 11.8 Å². The van der Waals surface area contributed by atoms with Crippen molar-refractivity contribution in [3.8, 4) is 0 Å². The lowest BCUT2D eigenvalue weighted by Gasteiger charge is -2.31. The normalized spacial score (nSPS) is 15.2. The Bertz CT molecular complexity index is 775. The van der Waals surface area contributed by atoms with Crippen LogP contribution in [0.4, 0.5) is 4.39 Å². The Balaban J connectivity index is 1.33. The fourth-order valence-electron chi connectivity index (χ4n) is 3.25. The lowest BCUT2D eigenvalue weighted by atomic mass is 9.96. The molecule has 2 amide bonds. The van der Waals surface area contributed by atoms with Crippen molar-refractivity contribution in [3.05, 3.63) is 65.7 Å². The Morgan fingerprint density at radius 3 is 2.43 bits per heavy atom. The summed E-state index contributed by atoms with van der Waals surface area (Å²) in [5.74, 6) is -1.26. The molecule has 2 N–H and O–H groups in total. The van der Waals surface area contributed by atoms with E-state index in [1.807, 2.05) is 18.2 Å². The van der Waals surface area contributed by atoms with Crippen LogP contribution in [-0.2, 0) is 22.7 Å². The van der Waals surface area contributed by atoms with Crippen LogP contribution in [0.5, 0.6) is 0 Å². The lowest BCUT2D eigenvalue weighted by molar-refractivity contribution is -0.139. The molecule has 2 heterocycles. The number of likely N-dealkylation sites (tertiary alicyclic amines) is 1. The van der Waals surface area contributed by atoms with Crippen molar-refractivity contribution in [1.29, 1.82) is 0 Å². The maximum Gasteiger partial charge on any atom is 0.309 e. The molecule has 1 aromatic heterocycles. The summed E-state index contributed by atoms with van der Waals surface area (Å²) in [6.07, 6.45) is 3.76. The first-order valence-electron chi connectivity index (χ1n) is 9.53. The fraction of sp³-hybridized carbons (Fsp3) is 0.381. The molecule has 0 unspecified atom stereocenters. The predicted octanol–water partition coefficient (Wildman–Crippen LogP) is 1.87. The molecule has 2 aromatic rings. The molecule has 0 aliphatic carbocycles. The monoisotopic (exact) mass is 384 g/mol. The summed E-state index contributed by atoms with van der Waals surface area (Å²) in [7, 11) is 0. The summed E-state index contributed by atoms with van der Waals surface area (Å²) in [5.41, 5.74) is 1.80. The van der Waals surface area contributed by atoms with Crippen molar-refractivity contribution in [2.45, 2.75) is 25.9 Å². The number of halogens is 1. The third-order valence-electron chi connectivity index (χ3n) is 4.94. The van der Waals surface area contributed by atoms with Gasteiger partial charge in [0.2, 0.25) is 0 Å². The van der Waals surface area contributed by atoms with Gasteiger partial charge in [-0.15, -0.1) is 0 Å². The average molecular weight is 384 g/mol. The van der Waals surface area contributed by atoms with E-state index in [-0.39, 0.29) is 12.4 Å². The summed E-state index contributed by atoms with van der Waals surface area (Å²) in [5, 5.41) is 5.27.